The summed E-state index contributed by atoms with van der Waals surface area (Å²) < 4.78 is 40.8. The molecule has 1 aliphatic heterocycles. The van der Waals surface area contributed by atoms with E-state index in [4.69, 9.17) is 10.7 Å². The minimum absolute atomic E-state index is 0.205. The number of rotatable bonds is 5. The van der Waals surface area contributed by atoms with E-state index in [1.54, 1.807) is 29.4 Å². The van der Waals surface area contributed by atoms with E-state index in [1.807, 2.05) is 4.40 Å². The van der Waals surface area contributed by atoms with Crippen LogP contribution in [0.3, 0.4) is 0 Å². The zero-order valence-electron chi connectivity index (χ0n) is 20.4. The van der Waals surface area contributed by atoms with Crippen LogP contribution in [0.4, 0.5) is 24.8 Å². The number of fused-ring (bicyclic) bond motifs is 1. The third-order valence-electron chi connectivity index (χ3n) is 6.42. The fraction of sp³-hybridized carbons (Fsp3) is 0.185. The highest BCUT2D eigenvalue weighted by Crippen LogP contribution is 2.36. The highest BCUT2D eigenvalue weighted by molar-refractivity contribution is 6.04. The molecule has 1 fully saturated rings. The van der Waals surface area contributed by atoms with Crippen LogP contribution in [0.2, 0.25) is 0 Å². The molecule has 1 aromatic carbocycles. The number of nitrogens with one attached hydrogen (secondary N) is 1. The molecule has 4 aromatic rings. The number of anilines is 2. The Kier molecular flexibility index (Phi) is 6.63. The summed E-state index contributed by atoms with van der Waals surface area (Å²) in [5, 5.41) is 2.39. The molecule has 3 N–H and O–H groups in total. The Bertz CT molecular complexity index is 1620. The van der Waals surface area contributed by atoms with Crippen LogP contribution in [-0.2, 0) is 11.0 Å². The zero-order chi connectivity index (χ0) is 27.7. The van der Waals surface area contributed by atoms with Gasteiger partial charge in [-0.15, -0.1) is 5.73 Å². The van der Waals surface area contributed by atoms with E-state index in [2.05, 4.69) is 27.6 Å². The van der Waals surface area contributed by atoms with Gasteiger partial charge in [0.05, 0.1) is 11.6 Å². The number of halogens is 3. The van der Waals surface area contributed by atoms with Crippen molar-refractivity contribution in [2.24, 2.45) is 0 Å². The number of nitrogens with zero attached hydrogens (tertiary/aromatic N) is 5. The molecule has 2 amide bonds. The lowest BCUT2D eigenvalue weighted by atomic mass is 10.1. The molecule has 198 valence electrons. The fourth-order valence-corrected chi connectivity index (χ4v) is 4.64. The Morgan fingerprint density at radius 1 is 1.15 bits per heavy atom. The standard InChI is InChI=1S/C27H22F3N7O2/c1-2-4-21(38)36-13-3-5-19(36)25-35-22(23-24(31)33-12-14-37(23)25)16-6-8-17(9-7-16)26(39)34-20-15-18(10-11-32-20)27(28,29)30/h4,6-12,14-15,19H,1,3,5,13H2,(H2,31,33)(H,32,34,39)/t19-/m0/s1. The lowest BCUT2D eigenvalue weighted by molar-refractivity contribution is -0.137. The van der Waals surface area contributed by atoms with Gasteiger partial charge in [-0.25, -0.2) is 15.0 Å². The quantitative estimate of drug-likeness (QED) is 0.285. The van der Waals surface area contributed by atoms with Crippen molar-refractivity contribution in [3.8, 4) is 11.3 Å². The lowest BCUT2D eigenvalue weighted by Gasteiger charge is -2.22. The largest absolute Gasteiger partial charge is 0.416 e. The molecule has 0 bridgehead atoms. The summed E-state index contributed by atoms with van der Waals surface area (Å²) in [4.78, 5) is 39.8. The zero-order valence-corrected chi connectivity index (χ0v) is 20.4. The molecule has 0 radical (unpaired) electrons. The summed E-state index contributed by atoms with van der Waals surface area (Å²) >= 11 is 0. The van der Waals surface area contributed by atoms with Crippen LogP contribution in [0.15, 0.2) is 73.4 Å². The number of nitrogen functional groups attached to an aromatic ring is 1. The average Bonchev–Trinajstić information content (AvgIpc) is 3.54. The number of imidazole rings is 1. The topological polar surface area (TPSA) is 119 Å². The van der Waals surface area contributed by atoms with Gasteiger partial charge in [-0.2, -0.15) is 13.2 Å². The number of benzene rings is 1. The second kappa shape index (κ2) is 10.1. The maximum atomic E-state index is 13.0. The van der Waals surface area contributed by atoms with Crippen molar-refractivity contribution >= 4 is 29.0 Å². The summed E-state index contributed by atoms with van der Waals surface area (Å²) in [6, 6.07) is 7.66. The molecular weight excluding hydrogens is 511 g/mol. The summed E-state index contributed by atoms with van der Waals surface area (Å²) in [6.07, 6.45) is 2.51. The smallest absolute Gasteiger partial charge is 0.382 e. The molecule has 39 heavy (non-hydrogen) atoms. The van der Waals surface area contributed by atoms with Crippen LogP contribution < -0.4 is 11.1 Å². The SMILES string of the molecule is C=C=CC(=O)N1CCC[C@H]1c1nc(-c2ccc(C(=O)Nc3cc(C(F)(F)F)ccn3)cc2)c2c(N)nccn12. The van der Waals surface area contributed by atoms with E-state index in [1.165, 1.54) is 18.2 Å². The monoisotopic (exact) mass is 533 g/mol. The maximum absolute atomic E-state index is 13.0. The highest BCUT2D eigenvalue weighted by Gasteiger charge is 2.33. The Hall–Kier alpha value is -4.96. The normalized spacial score (nSPS) is 15.3. The van der Waals surface area contributed by atoms with Gasteiger partial charge in [0, 0.05) is 42.3 Å². The van der Waals surface area contributed by atoms with Crippen molar-refractivity contribution in [3.63, 3.8) is 0 Å². The van der Waals surface area contributed by atoms with Crippen molar-refractivity contribution in [2.75, 3.05) is 17.6 Å². The number of carbonyl (C=O) groups is 2. The van der Waals surface area contributed by atoms with E-state index in [9.17, 15) is 22.8 Å². The molecule has 1 atom stereocenters. The van der Waals surface area contributed by atoms with E-state index >= 15 is 0 Å². The van der Waals surface area contributed by atoms with Crippen LogP contribution in [0.1, 0.15) is 40.6 Å². The molecule has 0 unspecified atom stereocenters. The third kappa shape index (κ3) is 4.97. The molecule has 0 aliphatic carbocycles. The molecule has 9 nitrogen and oxygen atoms in total. The van der Waals surface area contributed by atoms with Gasteiger partial charge in [0.25, 0.3) is 11.8 Å². The van der Waals surface area contributed by atoms with Crippen LogP contribution >= 0.6 is 0 Å². The Morgan fingerprint density at radius 2 is 1.92 bits per heavy atom. The molecule has 1 saturated heterocycles. The number of hydrogen-bond acceptors (Lipinski definition) is 6. The Morgan fingerprint density at radius 3 is 2.64 bits per heavy atom. The Labute approximate surface area is 220 Å². The van der Waals surface area contributed by atoms with Gasteiger partial charge < -0.3 is 16.0 Å². The summed E-state index contributed by atoms with van der Waals surface area (Å²) in [5.41, 5.74) is 9.74. The Balaban J connectivity index is 1.46. The molecule has 0 spiro atoms. The van der Waals surface area contributed by atoms with E-state index in [0.29, 0.717) is 35.6 Å². The maximum Gasteiger partial charge on any atom is 0.416 e. The van der Waals surface area contributed by atoms with Gasteiger partial charge in [0.15, 0.2) is 0 Å². The van der Waals surface area contributed by atoms with Gasteiger partial charge in [0.2, 0.25) is 0 Å². The van der Waals surface area contributed by atoms with Crippen LogP contribution in [-0.4, -0.2) is 42.6 Å². The van der Waals surface area contributed by atoms with Crippen molar-refractivity contribution in [2.45, 2.75) is 25.1 Å². The minimum Gasteiger partial charge on any atom is -0.382 e. The number of hydrogen-bond donors (Lipinski definition) is 2. The summed E-state index contributed by atoms with van der Waals surface area (Å²) in [6.45, 7) is 4.05. The fourth-order valence-electron chi connectivity index (χ4n) is 4.64. The molecular formula is C27H22F3N7O2. The van der Waals surface area contributed by atoms with Crippen molar-refractivity contribution < 1.29 is 22.8 Å². The van der Waals surface area contributed by atoms with Crippen LogP contribution in [0.25, 0.3) is 16.8 Å². The van der Waals surface area contributed by atoms with E-state index < -0.39 is 17.6 Å². The van der Waals surface area contributed by atoms with E-state index in [0.717, 1.165) is 24.8 Å². The molecule has 1 aliphatic rings. The summed E-state index contributed by atoms with van der Waals surface area (Å²) in [7, 11) is 0. The predicted molar refractivity (Wildman–Crippen MR) is 137 cm³/mol. The van der Waals surface area contributed by atoms with Gasteiger partial charge in [-0.3, -0.25) is 14.0 Å². The first-order valence-electron chi connectivity index (χ1n) is 11.9. The van der Waals surface area contributed by atoms with Crippen molar-refractivity contribution in [1.82, 2.24) is 24.3 Å². The van der Waals surface area contributed by atoms with E-state index in [-0.39, 0.29) is 29.1 Å². The number of likely N-dealkylation sites (tertiary alicyclic amines) is 1. The van der Waals surface area contributed by atoms with Crippen molar-refractivity contribution in [3.05, 3.63) is 90.3 Å². The van der Waals surface area contributed by atoms with Gasteiger partial charge >= 0.3 is 6.18 Å². The first kappa shape index (κ1) is 25.7. The first-order valence-corrected chi connectivity index (χ1v) is 11.9. The molecule has 12 heteroatoms. The molecule has 4 heterocycles. The number of amides is 2. The second-order valence-corrected chi connectivity index (χ2v) is 8.85. The predicted octanol–water partition coefficient (Wildman–Crippen LogP) is 4.65. The number of pyridine rings is 1. The molecule has 5 rings (SSSR count). The number of carbonyl (C=O) groups excluding carboxylic acids is 2. The van der Waals surface area contributed by atoms with Gasteiger partial charge in [0.1, 0.15) is 28.7 Å². The number of nitrogens with two attached hydrogens (primary N) is 1. The first-order chi connectivity index (χ1) is 18.7. The minimum atomic E-state index is -4.56. The third-order valence-corrected chi connectivity index (χ3v) is 6.42. The second-order valence-electron chi connectivity index (χ2n) is 8.85. The van der Waals surface area contributed by atoms with Gasteiger partial charge in [-0.05, 0) is 37.1 Å². The van der Waals surface area contributed by atoms with Gasteiger partial charge in [-0.1, -0.05) is 18.7 Å². The number of alkyl halides is 3. The molecule has 0 saturated carbocycles. The van der Waals surface area contributed by atoms with Crippen molar-refractivity contribution in [1.29, 1.82) is 0 Å². The highest BCUT2D eigenvalue weighted by atomic mass is 19.4. The number of aromatic nitrogens is 4. The average molecular weight is 534 g/mol. The molecule has 3 aromatic heterocycles. The van der Waals surface area contributed by atoms with Crippen LogP contribution in [0, 0.1) is 0 Å². The summed E-state index contributed by atoms with van der Waals surface area (Å²) in [5.74, 6) is -0.191. The lowest BCUT2D eigenvalue weighted by Crippen LogP contribution is -2.30. The van der Waals surface area contributed by atoms with Crippen LogP contribution in [0.5, 0.6) is 0 Å².